The summed E-state index contributed by atoms with van der Waals surface area (Å²) in [5.41, 5.74) is 0.783. The van der Waals surface area contributed by atoms with Gasteiger partial charge in [0.1, 0.15) is 5.82 Å². The second-order valence-corrected chi connectivity index (χ2v) is 4.23. The van der Waals surface area contributed by atoms with Crippen LogP contribution in [0, 0.1) is 11.7 Å². The van der Waals surface area contributed by atoms with E-state index in [1.807, 2.05) is 0 Å². The zero-order valence-corrected chi connectivity index (χ0v) is 9.62. The van der Waals surface area contributed by atoms with Crippen LogP contribution >= 0.6 is 0 Å². The molecule has 1 fully saturated rings. The number of amides is 1. The molecular formula is C13H16FNO2. The summed E-state index contributed by atoms with van der Waals surface area (Å²) in [6, 6.07) is 6.27. The molecule has 1 aliphatic rings. The van der Waals surface area contributed by atoms with Crippen molar-refractivity contribution < 1.29 is 13.9 Å². The molecule has 1 N–H and O–H groups in total. The molecule has 1 aliphatic heterocycles. The molecule has 1 heterocycles. The van der Waals surface area contributed by atoms with Crippen molar-refractivity contribution in [2.24, 2.45) is 5.92 Å². The van der Waals surface area contributed by atoms with Gasteiger partial charge in [-0.1, -0.05) is 12.1 Å². The zero-order chi connectivity index (χ0) is 12.1. The molecule has 0 aromatic heterocycles. The first-order valence-corrected chi connectivity index (χ1v) is 5.85. The summed E-state index contributed by atoms with van der Waals surface area (Å²) in [5, 5.41) is 2.83. The van der Waals surface area contributed by atoms with Gasteiger partial charge < -0.3 is 10.1 Å². The molecule has 0 unspecified atom stereocenters. The molecule has 2 rings (SSSR count). The normalized spacial score (nSPS) is 16.8. The predicted octanol–water partition coefficient (Wildman–Crippen LogP) is 1.87. The minimum Gasteiger partial charge on any atom is -0.381 e. The molecule has 1 aromatic rings. The summed E-state index contributed by atoms with van der Waals surface area (Å²) in [7, 11) is 0. The molecule has 4 heteroatoms. The average Bonchev–Trinajstić information content (AvgIpc) is 2.37. The van der Waals surface area contributed by atoms with E-state index in [4.69, 9.17) is 4.74 Å². The van der Waals surface area contributed by atoms with Crippen molar-refractivity contribution in [1.82, 2.24) is 5.32 Å². The van der Waals surface area contributed by atoms with E-state index in [1.54, 1.807) is 12.1 Å². The van der Waals surface area contributed by atoms with E-state index in [0.717, 1.165) is 18.4 Å². The Labute approximate surface area is 100.0 Å². The van der Waals surface area contributed by atoms with Crippen LogP contribution in [0.2, 0.25) is 0 Å². The Balaban J connectivity index is 1.83. The topological polar surface area (TPSA) is 38.3 Å². The van der Waals surface area contributed by atoms with Gasteiger partial charge in [0.15, 0.2) is 0 Å². The Morgan fingerprint density at radius 2 is 2.18 bits per heavy atom. The average molecular weight is 237 g/mol. The van der Waals surface area contributed by atoms with Gasteiger partial charge in [-0.15, -0.1) is 0 Å². The summed E-state index contributed by atoms with van der Waals surface area (Å²) < 4.78 is 18.1. The summed E-state index contributed by atoms with van der Waals surface area (Å²) in [4.78, 5) is 11.8. The summed E-state index contributed by atoms with van der Waals surface area (Å²) in [5.74, 6) is -0.197. The van der Waals surface area contributed by atoms with Crippen molar-refractivity contribution in [3.05, 3.63) is 35.6 Å². The quantitative estimate of drug-likeness (QED) is 0.871. The SMILES string of the molecule is O=C(NCc1cccc(F)c1)C1CCOCC1. The standard InChI is InChI=1S/C13H16FNO2/c14-12-3-1-2-10(8-12)9-15-13(16)11-4-6-17-7-5-11/h1-3,8,11H,4-7,9H2,(H,15,16). The Morgan fingerprint density at radius 1 is 1.41 bits per heavy atom. The maximum atomic E-state index is 12.9. The summed E-state index contributed by atoms with van der Waals surface area (Å²) >= 11 is 0. The third-order valence-corrected chi connectivity index (χ3v) is 2.95. The van der Waals surface area contributed by atoms with E-state index < -0.39 is 0 Å². The van der Waals surface area contributed by atoms with E-state index >= 15 is 0 Å². The van der Waals surface area contributed by atoms with Crippen LogP contribution in [-0.4, -0.2) is 19.1 Å². The number of benzene rings is 1. The number of hydrogen-bond donors (Lipinski definition) is 1. The van der Waals surface area contributed by atoms with E-state index in [9.17, 15) is 9.18 Å². The second kappa shape index (κ2) is 5.77. The first-order valence-electron chi connectivity index (χ1n) is 5.85. The highest BCUT2D eigenvalue weighted by molar-refractivity contribution is 5.78. The van der Waals surface area contributed by atoms with Gasteiger partial charge in [0, 0.05) is 25.7 Å². The first-order chi connectivity index (χ1) is 8.25. The van der Waals surface area contributed by atoms with Crippen molar-refractivity contribution in [3.63, 3.8) is 0 Å². The molecule has 0 aliphatic carbocycles. The van der Waals surface area contributed by atoms with Crippen LogP contribution in [0.15, 0.2) is 24.3 Å². The lowest BCUT2D eigenvalue weighted by Gasteiger charge is -2.21. The molecule has 0 spiro atoms. The van der Waals surface area contributed by atoms with E-state index in [-0.39, 0.29) is 17.6 Å². The van der Waals surface area contributed by atoms with Gasteiger partial charge in [-0.3, -0.25) is 4.79 Å². The molecule has 0 radical (unpaired) electrons. The summed E-state index contributed by atoms with van der Waals surface area (Å²) in [6.07, 6.45) is 1.55. The molecule has 17 heavy (non-hydrogen) atoms. The molecular weight excluding hydrogens is 221 g/mol. The van der Waals surface area contributed by atoms with Gasteiger partial charge in [0.2, 0.25) is 5.91 Å². The maximum absolute atomic E-state index is 12.9. The Morgan fingerprint density at radius 3 is 2.88 bits per heavy atom. The lowest BCUT2D eigenvalue weighted by atomic mass is 9.99. The van der Waals surface area contributed by atoms with Crippen LogP contribution in [0.1, 0.15) is 18.4 Å². The maximum Gasteiger partial charge on any atom is 0.223 e. The highest BCUT2D eigenvalue weighted by atomic mass is 19.1. The Bertz CT molecular complexity index is 389. The van der Waals surface area contributed by atoms with Crippen LogP contribution in [0.3, 0.4) is 0 Å². The molecule has 1 amide bonds. The first kappa shape index (κ1) is 12.0. The number of ether oxygens (including phenoxy) is 1. The van der Waals surface area contributed by atoms with Crippen molar-refractivity contribution >= 4 is 5.91 Å². The van der Waals surface area contributed by atoms with Crippen LogP contribution < -0.4 is 5.32 Å². The van der Waals surface area contributed by atoms with Gasteiger partial charge >= 0.3 is 0 Å². The number of carbonyl (C=O) groups is 1. The highest BCUT2D eigenvalue weighted by Gasteiger charge is 2.20. The fourth-order valence-electron chi connectivity index (χ4n) is 1.94. The molecule has 0 saturated carbocycles. The van der Waals surface area contributed by atoms with E-state index in [1.165, 1.54) is 12.1 Å². The molecule has 92 valence electrons. The van der Waals surface area contributed by atoms with Crippen LogP contribution in [0.4, 0.5) is 4.39 Å². The summed E-state index contributed by atoms with van der Waals surface area (Å²) in [6.45, 7) is 1.68. The predicted molar refractivity (Wildman–Crippen MR) is 61.8 cm³/mol. The van der Waals surface area contributed by atoms with Crippen molar-refractivity contribution in [3.8, 4) is 0 Å². The van der Waals surface area contributed by atoms with Crippen LogP contribution in [0.25, 0.3) is 0 Å². The molecule has 3 nitrogen and oxygen atoms in total. The van der Waals surface area contributed by atoms with Crippen molar-refractivity contribution in [2.45, 2.75) is 19.4 Å². The fourth-order valence-corrected chi connectivity index (χ4v) is 1.94. The third kappa shape index (κ3) is 3.53. The largest absolute Gasteiger partial charge is 0.381 e. The highest BCUT2D eigenvalue weighted by Crippen LogP contribution is 2.14. The van der Waals surface area contributed by atoms with Gasteiger partial charge in [-0.25, -0.2) is 4.39 Å². The number of carbonyl (C=O) groups excluding carboxylic acids is 1. The fraction of sp³-hybridized carbons (Fsp3) is 0.462. The zero-order valence-electron chi connectivity index (χ0n) is 9.62. The van der Waals surface area contributed by atoms with E-state index in [0.29, 0.717) is 19.8 Å². The minimum atomic E-state index is -0.275. The molecule has 1 aromatic carbocycles. The number of halogens is 1. The second-order valence-electron chi connectivity index (χ2n) is 4.23. The van der Waals surface area contributed by atoms with Gasteiger partial charge in [-0.05, 0) is 30.5 Å². The Kier molecular flexibility index (Phi) is 4.09. The Hall–Kier alpha value is -1.42. The molecule has 0 bridgehead atoms. The number of hydrogen-bond acceptors (Lipinski definition) is 2. The van der Waals surface area contributed by atoms with Crippen LogP contribution in [-0.2, 0) is 16.1 Å². The lowest BCUT2D eigenvalue weighted by Crippen LogP contribution is -2.33. The van der Waals surface area contributed by atoms with Crippen LogP contribution in [0.5, 0.6) is 0 Å². The lowest BCUT2D eigenvalue weighted by molar-refractivity contribution is -0.128. The molecule has 0 atom stereocenters. The van der Waals surface area contributed by atoms with Crippen molar-refractivity contribution in [2.75, 3.05) is 13.2 Å². The molecule has 1 saturated heterocycles. The van der Waals surface area contributed by atoms with Gasteiger partial charge in [0.25, 0.3) is 0 Å². The monoisotopic (exact) mass is 237 g/mol. The van der Waals surface area contributed by atoms with Gasteiger partial charge in [0.05, 0.1) is 0 Å². The number of nitrogens with one attached hydrogen (secondary N) is 1. The van der Waals surface area contributed by atoms with Crippen molar-refractivity contribution in [1.29, 1.82) is 0 Å². The third-order valence-electron chi connectivity index (χ3n) is 2.95. The smallest absolute Gasteiger partial charge is 0.223 e. The number of rotatable bonds is 3. The van der Waals surface area contributed by atoms with Gasteiger partial charge in [-0.2, -0.15) is 0 Å². The van der Waals surface area contributed by atoms with E-state index in [2.05, 4.69) is 5.32 Å². The minimum absolute atomic E-state index is 0.0392.